The lowest BCUT2D eigenvalue weighted by Crippen LogP contribution is -2.25. The molecule has 0 fully saturated rings. The lowest BCUT2D eigenvalue weighted by atomic mass is 9.90. The number of amides is 1. The van der Waals surface area contributed by atoms with E-state index in [2.05, 4.69) is 47.6 Å². The van der Waals surface area contributed by atoms with Crippen molar-refractivity contribution in [1.29, 1.82) is 0 Å². The van der Waals surface area contributed by atoms with Gasteiger partial charge in [0.05, 0.1) is 10.4 Å². The van der Waals surface area contributed by atoms with E-state index in [1.165, 1.54) is 22.4 Å². The van der Waals surface area contributed by atoms with E-state index in [1.807, 2.05) is 12.3 Å². The number of nitrogens with one attached hydrogen (secondary N) is 1. The lowest BCUT2D eigenvalue weighted by Gasteiger charge is -2.16. The number of fused-ring (bicyclic) bond motifs is 2. The van der Waals surface area contributed by atoms with Crippen LogP contribution in [0.3, 0.4) is 0 Å². The van der Waals surface area contributed by atoms with E-state index >= 15 is 0 Å². The van der Waals surface area contributed by atoms with Gasteiger partial charge in [-0.05, 0) is 54.9 Å². The van der Waals surface area contributed by atoms with E-state index in [0.717, 1.165) is 41.0 Å². The first-order chi connectivity index (χ1) is 12.2. The van der Waals surface area contributed by atoms with E-state index < -0.39 is 0 Å². The van der Waals surface area contributed by atoms with Gasteiger partial charge in [-0.15, -0.1) is 11.3 Å². The second-order valence-corrected chi connectivity index (χ2v) is 8.04. The third-order valence-corrected chi connectivity index (χ3v) is 6.19. The van der Waals surface area contributed by atoms with Gasteiger partial charge in [0.1, 0.15) is 0 Å². The fraction of sp³-hybridized carbons (Fsp3) is 0.333. The van der Waals surface area contributed by atoms with Crippen LogP contribution in [0.15, 0.2) is 42.6 Å². The quantitative estimate of drug-likeness (QED) is 0.758. The summed E-state index contributed by atoms with van der Waals surface area (Å²) in [6.45, 7) is 2.92. The van der Waals surface area contributed by atoms with Crippen LogP contribution in [-0.4, -0.2) is 17.4 Å². The van der Waals surface area contributed by atoms with Gasteiger partial charge in [-0.3, -0.25) is 9.78 Å². The summed E-state index contributed by atoms with van der Waals surface area (Å²) >= 11 is 1.67. The molecule has 0 saturated heterocycles. The second-order valence-electron chi connectivity index (χ2n) is 6.91. The number of carbonyl (C=O) groups is 1. The minimum Gasteiger partial charge on any atom is -0.351 e. The fourth-order valence-electron chi connectivity index (χ4n) is 3.58. The van der Waals surface area contributed by atoms with E-state index in [1.54, 1.807) is 11.3 Å². The fourth-order valence-corrected chi connectivity index (χ4v) is 4.71. The molecule has 4 heteroatoms. The molecule has 1 N–H and O–H groups in total. The van der Waals surface area contributed by atoms with E-state index in [0.29, 0.717) is 6.54 Å². The third-order valence-electron chi connectivity index (χ3n) is 4.95. The van der Waals surface area contributed by atoms with Gasteiger partial charge in [-0.2, -0.15) is 0 Å². The molecule has 4 rings (SSSR count). The smallest absolute Gasteiger partial charge is 0.261 e. The summed E-state index contributed by atoms with van der Waals surface area (Å²) in [5.41, 5.74) is 3.59. The number of aromatic nitrogens is 1. The second kappa shape index (κ2) is 6.96. The van der Waals surface area contributed by atoms with Crippen LogP contribution in [0.4, 0.5) is 0 Å². The molecule has 0 bridgehead atoms. The van der Waals surface area contributed by atoms with Crippen LogP contribution in [0.1, 0.15) is 39.0 Å². The molecule has 1 aliphatic carbocycles. The van der Waals surface area contributed by atoms with E-state index in [4.69, 9.17) is 0 Å². The summed E-state index contributed by atoms with van der Waals surface area (Å²) in [6, 6.07) is 12.3. The van der Waals surface area contributed by atoms with Gasteiger partial charge >= 0.3 is 0 Å². The molecule has 1 unspecified atom stereocenters. The topological polar surface area (TPSA) is 42.0 Å². The Balaban J connectivity index is 1.41. The molecule has 1 aromatic carbocycles. The van der Waals surface area contributed by atoms with Crippen LogP contribution in [0.2, 0.25) is 0 Å². The highest BCUT2D eigenvalue weighted by molar-refractivity contribution is 7.14. The number of aryl methyl sites for hydroxylation is 1. The van der Waals surface area contributed by atoms with E-state index in [-0.39, 0.29) is 5.91 Å². The number of thiophene rings is 1. The summed E-state index contributed by atoms with van der Waals surface area (Å²) in [5, 5.41) is 4.22. The predicted octanol–water partition coefficient (Wildman–Crippen LogP) is 4.39. The van der Waals surface area contributed by atoms with Gasteiger partial charge in [0.2, 0.25) is 0 Å². The largest absolute Gasteiger partial charge is 0.351 e. The summed E-state index contributed by atoms with van der Waals surface area (Å²) in [4.78, 5) is 19.2. The first-order valence-corrected chi connectivity index (χ1v) is 9.75. The molecule has 3 nitrogen and oxygen atoms in total. The number of para-hydroxylation sites is 1. The highest BCUT2D eigenvalue weighted by atomic mass is 32.1. The minimum atomic E-state index is 0.0558. The van der Waals surface area contributed by atoms with Crippen molar-refractivity contribution in [2.45, 2.75) is 32.6 Å². The average Bonchev–Trinajstić information content (AvgIpc) is 3.05. The van der Waals surface area contributed by atoms with Gasteiger partial charge in [0.25, 0.3) is 5.91 Å². The maximum Gasteiger partial charge on any atom is 0.261 e. The molecule has 2 aromatic heterocycles. The zero-order valence-corrected chi connectivity index (χ0v) is 15.2. The zero-order chi connectivity index (χ0) is 17.2. The number of pyridine rings is 1. The van der Waals surface area contributed by atoms with Crippen molar-refractivity contribution < 1.29 is 4.79 Å². The van der Waals surface area contributed by atoms with Crippen molar-refractivity contribution >= 4 is 28.1 Å². The highest BCUT2D eigenvalue weighted by Gasteiger charge is 2.20. The molecule has 3 aromatic rings. The van der Waals surface area contributed by atoms with E-state index in [9.17, 15) is 4.79 Å². The Morgan fingerprint density at radius 2 is 2.20 bits per heavy atom. The number of hydrogen-bond acceptors (Lipinski definition) is 3. The molecule has 1 atom stereocenters. The van der Waals surface area contributed by atoms with Crippen LogP contribution in [-0.2, 0) is 19.3 Å². The Labute approximate surface area is 152 Å². The summed E-state index contributed by atoms with van der Waals surface area (Å²) in [6.07, 6.45) is 6.09. The third kappa shape index (κ3) is 3.45. The van der Waals surface area contributed by atoms with Crippen LogP contribution in [0, 0.1) is 5.92 Å². The van der Waals surface area contributed by atoms with Crippen molar-refractivity contribution in [3.63, 3.8) is 0 Å². The Morgan fingerprint density at radius 3 is 3.12 bits per heavy atom. The maximum atomic E-state index is 12.5. The minimum absolute atomic E-state index is 0.0558. The SMILES string of the molecule is CC1CCc2sc(C(=O)NCCc3cccc4cccnc34)cc2C1. The van der Waals surface area contributed by atoms with Crippen molar-refractivity contribution in [3.05, 3.63) is 63.5 Å². The summed E-state index contributed by atoms with van der Waals surface area (Å²) in [5.74, 6) is 0.789. The zero-order valence-electron chi connectivity index (χ0n) is 14.4. The monoisotopic (exact) mass is 350 g/mol. The van der Waals surface area contributed by atoms with Crippen molar-refractivity contribution in [1.82, 2.24) is 10.3 Å². The molecule has 2 heterocycles. The lowest BCUT2D eigenvalue weighted by molar-refractivity contribution is 0.0958. The number of hydrogen-bond donors (Lipinski definition) is 1. The van der Waals surface area contributed by atoms with Crippen LogP contribution < -0.4 is 5.32 Å². The Morgan fingerprint density at radius 1 is 1.32 bits per heavy atom. The van der Waals surface area contributed by atoms with Crippen molar-refractivity contribution in [2.75, 3.05) is 6.54 Å². The number of nitrogens with zero attached hydrogens (tertiary/aromatic N) is 1. The van der Waals surface area contributed by atoms with Gasteiger partial charge in [0.15, 0.2) is 0 Å². The molecule has 1 aliphatic rings. The molecule has 25 heavy (non-hydrogen) atoms. The van der Waals surface area contributed by atoms with Crippen LogP contribution >= 0.6 is 11.3 Å². The number of benzene rings is 1. The first kappa shape index (κ1) is 16.3. The maximum absolute atomic E-state index is 12.5. The average molecular weight is 350 g/mol. The first-order valence-electron chi connectivity index (χ1n) is 8.93. The van der Waals surface area contributed by atoms with Gasteiger partial charge in [0, 0.05) is 23.0 Å². The molecule has 0 spiro atoms. The molecule has 0 aliphatic heterocycles. The Bertz CT molecular complexity index is 910. The molecular formula is C21H22N2OS. The molecule has 0 saturated carbocycles. The van der Waals surface area contributed by atoms with Gasteiger partial charge < -0.3 is 5.32 Å². The molecule has 1 amide bonds. The normalized spacial score (nSPS) is 16.6. The molecular weight excluding hydrogens is 328 g/mol. The summed E-state index contributed by atoms with van der Waals surface area (Å²) < 4.78 is 0. The van der Waals surface area contributed by atoms with Crippen molar-refractivity contribution in [2.24, 2.45) is 5.92 Å². The molecule has 0 radical (unpaired) electrons. The standard InChI is InChI=1S/C21H22N2OS/c1-14-7-8-18-17(12-14)13-19(25-18)21(24)23-11-9-16-5-2-4-15-6-3-10-22-20(15)16/h2-6,10,13-14H,7-9,11-12H2,1H3,(H,23,24). The number of rotatable bonds is 4. The predicted molar refractivity (Wildman–Crippen MR) is 103 cm³/mol. The van der Waals surface area contributed by atoms with Crippen molar-refractivity contribution in [3.8, 4) is 0 Å². The highest BCUT2D eigenvalue weighted by Crippen LogP contribution is 2.32. The molecule has 128 valence electrons. The van der Waals surface area contributed by atoms with Gasteiger partial charge in [-0.25, -0.2) is 0 Å². The van der Waals surface area contributed by atoms with Crippen LogP contribution in [0.25, 0.3) is 10.9 Å². The number of carbonyl (C=O) groups excluding carboxylic acids is 1. The Hall–Kier alpha value is -2.20. The Kier molecular flexibility index (Phi) is 4.53. The summed E-state index contributed by atoms with van der Waals surface area (Å²) in [7, 11) is 0. The van der Waals surface area contributed by atoms with Crippen LogP contribution in [0.5, 0.6) is 0 Å². The van der Waals surface area contributed by atoms with Gasteiger partial charge in [-0.1, -0.05) is 31.2 Å².